The van der Waals surface area contributed by atoms with E-state index in [-0.39, 0.29) is 35.6 Å². The number of thiazole rings is 1. The molecule has 0 aliphatic carbocycles. The maximum atomic E-state index is 14.2. The number of unbranched alkanes of at least 4 members (excludes halogenated alkanes) is 1. The van der Waals surface area contributed by atoms with Crippen LogP contribution in [0.5, 0.6) is 0 Å². The number of Topliss-reactive ketones (excluding diaryl/α,β-unsaturated/α-hetero) is 1. The van der Waals surface area contributed by atoms with Crippen LogP contribution in [0.3, 0.4) is 0 Å². The Morgan fingerprint density at radius 2 is 1.65 bits per heavy atom. The van der Waals surface area contributed by atoms with E-state index in [9.17, 15) is 24.3 Å². The highest BCUT2D eigenvalue weighted by Crippen LogP contribution is 2.30. The number of piperidine rings is 1. The van der Waals surface area contributed by atoms with Crippen molar-refractivity contribution in [2.45, 2.75) is 63.5 Å². The largest absolute Gasteiger partial charge is 0.388 e. The number of benzene rings is 3. The molecule has 1 atom stereocenters. The summed E-state index contributed by atoms with van der Waals surface area (Å²) < 4.78 is 1.44. The average Bonchev–Trinajstić information content (AvgIpc) is 3.84. The Balaban J connectivity index is 0.847. The molecule has 0 radical (unpaired) electrons. The number of carbonyl (C=O) groups is 3. The summed E-state index contributed by atoms with van der Waals surface area (Å²) in [6.07, 6.45) is 5.31. The van der Waals surface area contributed by atoms with Crippen molar-refractivity contribution in [2.24, 2.45) is 5.92 Å². The molecule has 2 aliphatic heterocycles. The van der Waals surface area contributed by atoms with Crippen LogP contribution in [0.4, 0.5) is 5.69 Å². The smallest absolute Gasteiger partial charge is 0.261 e. The molecule has 3 aromatic heterocycles. The van der Waals surface area contributed by atoms with Crippen LogP contribution in [-0.4, -0.2) is 115 Å². The second kappa shape index (κ2) is 20.0. The van der Waals surface area contributed by atoms with Gasteiger partial charge < -0.3 is 25.1 Å². The molecule has 2 fully saturated rings. The first-order chi connectivity index (χ1) is 30.5. The molecule has 8 rings (SSSR count). The standard InChI is InChI=1S/C48H53ClN8O5S/c1-54-21-23-55(24-22-54)18-15-45(59)52-36-12-14-38-40(27-36)50-31-57(47(38)61)30-48(62)16-19-56(20-17-48)46(60)35(25-33-7-3-2-4-8-33)9-5-6-10-44(58)34-11-13-37-39(49)28-42(53-41(37)26-34)43-29-63-32-51-43/h2-4,7-8,11-14,26-29,31-32,35,62H,5-6,9-10,15-25,30H2,1H3,(H,52,59). The lowest BCUT2D eigenvalue weighted by atomic mass is 9.88. The number of hydrogen-bond donors (Lipinski definition) is 2. The summed E-state index contributed by atoms with van der Waals surface area (Å²) in [7, 11) is 2.10. The van der Waals surface area contributed by atoms with Gasteiger partial charge in [0.05, 0.1) is 56.8 Å². The first-order valence-corrected chi connectivity index (χ1v) is 23.1. The molecule has 15 heteroatoms. The van der Waals surface area contributed by atoms with E-state index >= 15 is 0 Å². The molecule has 0 spiro atoms. The van der Waals surface area contributed by atoms with Crippen molar-refractivity contribution in [3.63, 3.8) is 0 Å². The molecular weight excluding hydrogens is 836 g/mol. The number of carbonyl (C=O) groups excluding carboxylic acids is 3. The fourth-order valence-corrected chi connectivity index (χ4v) is 9.45. The van der Waals surface area contributed by atoms with Gasteiger partial charge in [0.25, 0.3) is 5.56 Å². The molecule has 2 N–H and O–H groups in total. The number of amides is 2. The quantitative estimate of drug-likeness (QED) is 0.0771. The number of aromatic nitrogens is 4. The summed E-state index contributed by atoms with van der Waals surface area (Å²) in [5.74, 6) is -0.329. The first-order valence-electron chi connectivity index (χ1n) is 21.8. The van der Waals surface area contributed by atoms with E-state index in [0.29, 0.717) is 109 Å². The van der Waals surface area contributed by atoms with Crippen LogP contribution in [-0.2, 0) is 22.6 Å². The Labute approximate surface area is 375 Å². The average molecular weight is 890 g/mol. The van der Waals surface area contributed by atoms with Crippen molar-refractivity contribution < 1.29 is 19.5 Å². The van der Waals surface area contributed by atoms with Crippen molar-refractivity contribution in [3.8, 4) is 11.4 Å². The predicted octanol–water partition coefficient (Wildman–Crippen LogP) is 6.95. The minimum atomic E-state index is -1.20. The highest BCUT2D eigenvalue weighted by Gasteiger charge is 2.36. The van der Waals surface area contributed by atoms with E-state index in [1.54, 1.807) is 41.9 Å². The van der Waals surface area contributed by atoms with Crippen molar-refractivity contribution >= 4 is 68.0 Å². The molecule has 0 bridgehead atoms. The summed E-state index contributed by atoms with van der Waals surface area (Å²) in [6, 6.07) is 22.3. The zero-order valence-corrected chi connectivity index (χ0v) is 37.1. The van der Waals surface area contributed by atoms with E-state index in [0.717, 1.165) is 42.8 Å². The minimum absolute atomic E-state index is 0.0108. The van der Waals surface area contributed by atoms with E-state index in [1.807, 2.05) is 46.7 Å². The van der Waals surface area contributed by atoms with Gasteiger partial charge in [0.2, 0.25) is 11.8 Å². The molecule has 2 amide bonds. The number of rotatable bonds is 16. The summed E-state index contributed by atoms with van der Waals surface area (Å²) >= 11 is 8.05. The molecule has 2 saturated heterocycles. The number of nitrogens with zero attached hydrogens (tertiary/aromatic N) is 7. The van der Waals surface area contributed by atoms with Crippen LogP contribution in [0.1, 0.15) is 60.9 Å². The lowest BCUT2D eigenvalue weighted by Crippen LogP contribution is -2.51. The summed E-state index contributed by atoms with van der Waals surface area (Å²) in [6.45, 7) is 5.35. The maximum absolute atomic E-state index is 14.2. The molecule has 63 heavy (non-hydrogen) atoms. The number of piperazine rings is 1. The van der Waals surface area contributed by atoms with Gasteiger partial charge in [0.15, 0.2) is 5.78 Å². The van der Waals surface area contributed by atoms with Crippen LogP contribution in [0.15, 0.2) is 94.8 Å². The van der Waals surface area contributed by atoms with Crippen LogP contribution in [0.2, 0.25) is 5.02 Å². The van der Waals surface area contributed by atoms with Crippen LogP contribution < -0.4 is 10.9 Å². The van der Waals surface area contributed by atoms with Gasteiger partial charge in [-0.25, -0.2) is 15.0 Å². The second-order valence-corrected chi connectivity index (χ2v) is 18.2. The number of halogens is 1. The van der Waals surface area contributed by atoms with Crippen LogP contribution in [0.25, 0.3) is 33.2 Å². The number of ketones is 1. The highest BCUT2D eigenvalue weighted by molar-refractivity contribution is 7.07. The van der Waals surface area contributed by atoms with E-state index in [4.69, 9.17) is 16.6 Å². The van der Waals surface area contributed by atoms with Gasteiger partial charge in [-0.15, -0.1) is 11.3 Å². The van der Waals surface area contributed by atoms with Gasteiger partial charge >= 0.3 is 0 Å². The molecule has 1 unspecified atom stereocenters. The summed E-state index contributed by atoms with van der Waals surface area (Å²) in [5, 5.41) is 18.3. The number of nitrogens with one attached hydrogen (secondary N) is 1. The summed E-state index contributed by atoms with van der Waals surface area (Å²) in [4.78, 5) is 73.9. The molecule has 2 aliphatic rings. The van der Waals surface area contributed by atoms with E-state index in [1.165, 1.54) is 22.2 Å². The molecule has 6 aromatic rings. The minimum Gasteiger partial charge on any atom is -0.388 e. The fraction of sp³-hybridized carbons (Fsp3) is 0.396. The first kappa shape index (κ1) is 44.2. The van der Waals surface area contributed by atoms with Crippen molar-refractivity contribution in [1.82, 2.24) is 34.2 Å². The molecular formula is C48H53ClN8O5S. The Kier molecular flexibility index (Phi) is 14.0. The molecule has 13 nitrogen and oxygen atoms in total. The highest BCUT2D eigenvalue weighted by atomic mass is 35.5. The Hall–Kier alpha value is -5.38. The SMILES string of the molecule is CN1CCN(CCC(=O)Nc2ccc3c(=O)n(CC4(O)CCN(C(=O)C(CCCCC(=O)c5ccc6c(Cl)cc(-c7cscn7)nc6c5)Cc5ccccc5)CC4)cnc3c2)CC1. The number of aliphatic hydroxyl groups is 1. The zero-order chi connectivity index (χ0) is 43.9. The number of hydrogen-bond acceptors (Lipinski definition) is 11. The normalized spacial score (nSPS) is 16.3. The van der Waals surface area contributed by atoms with E-state index < -0.39 is 5.60 Å². The predicted molar refractivity (Wildman–Crippen MR) is 248 cm³/mol. The third-order valence-corrected chi connectivity index (χ3v) is 13.4. The van der Waals surface area contributed by atoms with Gasteiger partial charge in [-0.05, 0) is 75.0 Å². The monoisotopic (exact) mass is 888 g/mol. The van der Waals surface area contributed by atoms with Crippen molar-refractivity contribution in [3.05, 3.63) is 117 Å². The molecule has 328 valence electrons. The summed E-state index contributed by atoms with van der Waals surface area (Å²) in [5.41, 5.74) is 5.00. The molecule has 3 aromatic carbocycles. The van der Waals surface area contributed by atoms with Gasteiger partial charge in [0, 0.05) is 86.6 Å². The molecule has 0 saturated carbocycles. The Bertz CT molecular complexity index is 2630. The van der Waals surface area contributed by atoms with Crippen LogP contribution >= 0.6 is 22.9 Å². The van der Waals surface area contributed by atoms with Gasteiger partial charge in [0.1, 0.15) is 0 Å². The van der Waals surface area contributed by atoms with Gasteiger partial charge in [-0.3, -0.25) is 23.7 Å². The number of anilines is 1. The van der Waals surface area contributed by atoms with Crippen LogP contribution in [0, 0.1) is 5.92 Å². The number of pyridine rings is 1. The van der Waals surface area contributed by atoms with E-state index in [2.05, 4.69) is 32.1 Å². The second-order valence-electron chi connectivity index (χ2n) is 17.1. The maximum Gasteiger partial charge on any atom is 0.261 e. The lowest BCUT2D eigenvalue weighted by molar-refractivity contribution is -0.140. The molecule has 5 heterocycles. The topological polar surface area (TPSA) is 154 Å². The Morgan fingerprint density at radius 3 is 2.41 bits per heavy atom. The number of likely N-dealkylation sites (N-methyl/N-ethyl adjacent to an activating group) is 1. The number of fused-ring (bicyclic) bond motifs is 2. The van der Waals surface area contributed by atoms with Gasteiger partial charge in [-0.2, -0.15) is 0 Å². The lowest BCUT2D eigenvalue weighted by Gasteiger charge is -2.39. The van der Waals surface area contributed by atoms with Crippen molar-refractivity contribution in [1.29, 1.82) is 0 Å². The Morgan fingerprint density at radius 1 is 0.873 bits per heavy atom. The zero-order valence-electron chi connectivity index (χ0n) is 35.5. The number of likely N-dealkylation sites (tertiary alicyclic amines) is 1. The third kappa shape index (κ3) is 11.1. The fourth-order valence-electron chi connectivity index (χ4n) is 8.64. The van der Waals surface area contributed by atoms with Crippen molar-refractivity contribution in [2.75, 3.05) is 58.2 Å². The van der Waals surface area contributed by atoms with Gasteiger partial charge in [-0.1, -0.05) is 60.5 Å². The third-order valence-electron chi connectivity index (χ3n) is 12.5.